The summed E-state index contributed by atoms with van der Waals surface area (Å²) in [4.78, 5) is 4.81. The van der Waals surface area contributed by atoms with E-state index in [1.807, 2.05) is 0 Å². The van der Waals surface area contributed by atoms with Gasteiger partial charge in [-0.2, -0.15) is 4.57 Å². The Morgan fingerprint density at radius 2 is 1.77 bits per heavy atom. The first-order valence-corrected chi connectivity index (χ1v) is 14.7. The van der Waals surface area contributed by atoms with Crippen molar-refractivity contribution >= 4 is 27.9 Å². The van der Waals surface area contributed by atoms with Crippen molar-refractivity contribution in [3.63, 3.8) is 0 Å². The van der Waals surface area contributed by atoms with E-state index in [-0.39, 0.29) is 0 Å². The molecule has 6 nitrogen and oxygen atoms in total. The molecule has 0 unspecified atom stereocenters. The number of likely N-dealkylation sites (N-methyl/N-ethyl adjacent to an activating group) is 1. The molecule has 0 saturated carbocycles. The number of hydrogen-bond acceptors (Lipinski definition) is 5. The van der Waals surface area contributed by atoms with Crippen molar-refractivity contribution in [2.24, 2.45) is 0 Å². The second-order valence-corrected chi connectivity index (χ2v) is 11.3. The van der Waals surface area contributed by atoms with E-state index in [4.69, 9.17) is 14.2 Å². The molecular weight excluding hydrogens is 486 g/mol. The fourth-order valence-corrected chi connectivity index (χ4v) is 6.50. The molecular formula is C33H42N3O3+. The van der Waals surface area contributed by atoms with Crippen LogP contribution >= 0.6 is 0 Å². The van der Waals surface area contributed by atoms with Crippen molar-refractivity contribution in [3.05, 3.63) is 53.2 Å². The first kappa shape index (κ1) is 26.0. The average Bonchev–Trinajstić information content (AvgIpc) is 3.41. The van der Waals surface area contributed by atoms with E-state index in [2.05, 4.69) is 71.9 Å². The van der Waals surface area contributed by atoms with E-state index in [0.29, 0.717) is 6.79 Å². The highest BCUT2D eigenvalue weighted by molar-refractivity contribution is 6.14. The van der Waals surface area contributed by atoms with Crippen LogP contribution in [-0.4, -0.2) is 46.0 Å². The zero-order chi connectivity index (χ0) is 26.9. The molecule has 0 saturated heterocycles. The monoisotopic (exact) mass is 528 g/mol. The number of rotatable bonds is 11. The van der Waals surface area contributed by atoms with Gasteiger partial charge in [0.05, 0.1) is 30.4 Å². The Hall–Kier alpha value is -3.25. The number of nitrogens with zero attached hydrogens (tertiary/aromatic N) is 3. The first-order valence-electron chi connectivity index (χ1n) is 14.7. The van der Waals surface area contributed by atoms with Crippen molar-refractivity contribution in [1.82, 2.24) is 4.90 Å². The Labute approximate surface area is 232 Å². The van der Waals surface area contributed by atoms with Crippen LogP contribution in [0.5, 0.6) is 17.2 Å². The lowest BCUT2D eigenvalue weighted by molar-refractivity contribution is -0.670. The Morgan fingerprint density at radius 1 is 0.974 bits per heavy atom. The van der Waals surface area contributed by atoms with E-state index in [9.17, 15) is 0 Å². The third-order valence-electron chi connectivity index (χ3n) is 8.51. The van der Waals surface area contributed by atoms with Gasteiger partial charge >= 0.3 is 0 Å². The summed E-state index contributed by atoms with van der Waals surface area (Å²) in [5.74, 6) is 2.69. The molecule has 0 atom stereocenters. The van der Waals surface area contributed by atoms with Crippen LogP contribution in [0.1, 0.15) is 68.6 Å². The fraction of sp³-hybridized carbons (Fsp3) is 0.485. The van der Waals surface area contributed by atoms with Gasteiger partial charge in [-0.05, 0) is 74.3 Å². The number of methoxy groups -OCH3 is 1. The highest BCUT2D eigenvalue weighted by Crippen LogP contribution is 2.51. The third-order valence-corrected chi connectivity index (χ3v) is 8.51. The summed E-state index contributed by atoms with van der Waals surface area (Å²) in [5.41, 5.74) is 9.30. The summed E-state index contributed by atoms with van der Waals surface area (Å²) in [6, 6.07) is 11.2. The zero-order valence-corrected chi connectivity index (χ0v) is 24.0. The van der Waals surface area contributed by atoms with Crippen molar-refractivity contribution in [3.8, 4) is 17.2 Å². The van der Waals surface area contributed by atoms with Crippen LogP contribution in [0.2, 0.25) is 0 Å². The third kappa shape index (κ3) is 4.73. The Kier molecular flexibility index (Phi) is 7.39. The summed E-state index contributed by atoms with van der Waals surface area (Å²) in [6.45, 7) is 5.43. The van der Waals surface area contributed by atoms with Crippen molar-refractivity contribution in [2.45, 2.75) is 64.8 Å². The molecule has 3 aliphatic rings. The maximum Gasteiger partial charge on any atom is 0.257 e. The summed E-state index contributed by atoms with van der Waals surface area (Å²) < 4.78 is 19.9. The minimum absolute atomic E-state index is 0.306. The minimum Gasteiger partial charge on any atom is -0.490 e. The molecule has 3 aromatic rings. The number of aromatic nitrogens is 1. The van der Waals surface area contributed by atoms with E-state index < -0.39 is 0 Å². The van der Waals surface area contributed by atoms with Crippen LogP contribution in [0, 0.1) is 0 Å². The van der Waals surface area contributed by atoms with Gasteiger partial charge in [0, 0.05) is 18.2 Å². The number of fused-ring (bicyclic) bond motifs is 5. The maximum absolute atomic E-state index is 5.97. The van der Waals surface area contributed by atoms with Gasteiger partial charge in [0.2, 0.25) is 6.79 Å². The number of ether oxygens (including phenoxy) is 3. The lowest BCUT2D eigenvalue weighted by atomic mass is 9.83. The van der Waals surface area contributed by atoms with Crippen molar-refractivity contribution < 1.29 is 18.8 Å². The standard InChI is InChI=1S/C33H42N3O3/c1-5-6-7-8-9-10-11-25-24-12-13-28(37-4)33-31(24)27(15-16-35(33)19-18-34(2)3)36-17-14-23-20-29-30(39-22-38-29)21-26(23)32(25)36/h12-13,15-16,20-21H,5-11,14,17-19,22H2,1-4H3/q+1. The van der Waals surface area contributed by atoms with Crippen LogP contribution in [0.15, 0.2) is 36.5 Å². The van der Waals surface area contributed by atoms with Gasteiger partial charge in [-0.1, -0.05) is 39.0 Å². The predicted molar refractivity (Wildman–Crippen MR) is 158 cm³/mol. The zero-order valence-electron chi connectivity index (χ0n) is 24.0. The van der Waals surface area contributed by atoms with E-state index in [1.54, 1.807) is 7.11 Å². The van der Waals surface area contributed by atoms with Crippen LogP contribution < -0.4 is 23.7 Å². The summed E-state index contributed by atoms with van der Waals surface area (Å²) >= 11 is 0. The van der Waals surface area contributed by atoms with Gasteiger partial charge in [0.25, 0.3) is 5.52 Å². The first-order chi connectivity index (χ1) is 19.1. The SMILES string of the molecule is CCCCCCCCC1=C2c3cc4c(cc3CCN2c2cc[n+](CCN(C)C)c3c(OC)ccc1c23)OCO4. The molecule has 0 aliphatic carbocycles. The molecule has 6 rings (SSSR count). The Balaban J connectivity index is 1.51. The van der Waals surface area contributed by atoms with Gasteiger partial charge in [0.15, 0.2) is 30.0 Å². The van der Waals surface area contributed by atoms with Crippen molar-refractivity contribution in [2.75, 3.05) is 46.0 Å². The van der Waals surface area contributed by atoms with Crippen molar-refractivity contribution in [1.29, 1.82) is 0 Å². The highest BCUT2D eigenvalue weighted by atomic mass is 16.7. The second-order valence-electron chi connectivity index (χ2n) is 11.3. The largest absolute Gasteiger partial charge is 0.490 e. The molecule has 0 spiro atoms. The molecule has 206 valence electrons. The molecule has 39 heavy (non-hydrogen) atoms. The maximum atomic E-state index is 5.97. The average molecular weight is 529 g/mol. The number of benzene rings is 2. The van der Waals surface area contributed by atoms with E-state index in [0.717, 1.165) is 49.7 Å². The number of unbranched alkanes of at least 4 members (excludes halogenated alkanes) is 5. The fourth-order valence-electron chi connectivity index (χ4n) is 6.50. The molecule has 0 amide bonds. The Bertz CT molecular complexity index is 1410. The molecule has 0 bridgehead atoms. The lowest BCUT2D eigenvalue weighted by Crippen LogP contribution is -2.41. The summed E-state index contributed by atoms with van der Waals surface area (Å²) in [6.07, 6.45) is 12.0. The topological polar surface area (TPSA) is 38.0 Å². The number of hydrogen-bond donors (Lipinski definition) is 0. The van der Waals surface area contributed by atoms with E-state index >= 15 is 0 Å². The smallest absolute Gasteiger partial charge is 0.257 e. The number of allylic oxidation sites excluding steroid dienone is 1. The summed E-state index contributed by atoms with van der Waals surface area (Å²) in [7, 11) is 6.06. The molecule has 2 aromatic carbocycles. The van der Waals surface area contributed by atoms with Gasteiger partial charge in [-0.25, -0.2) is 0 Å². The van der Waals surface area contributed by atoms with E-state index in [1.165, 1.54) is 83.1 Å². The Morgan fingerprint density at radius 3 is 2.56 bits per heavy atom. The molecule has 6 heteroatoms. The van der Waals surface area contributed by atoms with Gasteiger partial charge < -0.3 is 24.0 Å². The number of anilines is 1. The summed E-state index contributed by atoms with van der Waals surface area (Å²) in [5, 5.41) is 1.32. The lowest BCUT2D eigenvalue weighted by Gasteiger charge is -2.39. The normalized spacial score (nSPS) is 15.3. The van der Waals surface area contributed by atoms with Gasteiger partial charge in [-0.15, -0.1) is 0 Å². The quantitative estimate of drug-likeness (QED) is 0.212. The molecule has 0 N–H and O–H groups in total. The second kappa shape index (κ2) is 11.1. The molecule has 4 heterocycles. The predicted octanol–water partition coefficient (Wildman–Crippen LogP) is 6.42. The molecule has 0 fully saturated rings. The van der Waals surface area contributed by atoms with Gasteiger partial charge in [-0.3, -0.25) is 0 Å². The van der Waals surface area contributed by atoms with Crippen LogP contribution in [0.25, 0.3) is 22.2 Å². The molecule has 0 radical (unpaired) electrons. The number of pyridine rings is 1. The highest BCUT2D eigenvalue weighted by Gasteiger charge is 2.36. The van der Waals surface area contributed by atoms with Crippen LogP contribution in [-0.2, 0) is 13.0 Å². The van der Waals surface area contributed by atoms with Crippen LogP contribution in [0.3, 0.4) is 0 Å². The van der Waals surface area contributed by atoms with Crippen LogP contribution in [0.4, 0.5) is 5.69 Å². The minimum atomic E-state index is 0.306. The molecule has 3 aliphatic heterocycles. The van der Waals surface area contributed by atoms with Gasteiger partial charge in [0.1, 0.15) is 0 Å². The molecule has 1 aromatic heterocycles.